The van der Waals surface area contributed by atoms with Crippen molar-refractivity contribution >= 4 is 23.4 Å². The van der Waals surface area contributed by atoms with Gasteiger partial charge in [-0.3, -0.25) is 14.4 Å². The third kappa shape index (κ3) is 5.96. The first-order chi connectivity index (χ1) is 16.0. The SMILES string of the molecule is COCc1ccc([C@H](NC(=O)[C@H]2CNC(=O)C2)C(=O)Nc2cc(F)c(C(C)(C)C)c(F)c2)cc1. The van der Waals surface area contributed by atoms with Crippen LogP contribution in [0.2, 0.25) is 0 Å². The molecule has 0 spiro atoms. The molecule has 3 rings (SSSR count). The highest BCUT2D eigenvalue weighted by atomic mass is 19.1. The summed E-state index contributed by atoms with van der Waals surface area (Å²) in [6.07, 6.45) is 0.0254. The lowest BCUT2D eigenvalue weighted by Crippen LogP contribution is -2.40. The van der Waals surface area contributed by atoms with Crippen molar-refractivity contribution in [2.75, 3.05) is 19.0 Å². The van der Waals surface area contributed by atoms with Crippen LogP contribution in [0, 0.1) is 17.6 Å². The molecule has 0 bridgehead atoms. The summed E-state index contributed by atoms with van der Waals surface area (Å²) in [4.78, 5) is 37.4. The first-order valence-corrected chi connectivity index (χ1v) is 10.9. The van der Waals surface area contributed by atoms with Crippen LogP contribution in [0.15, 0.2) is 36.4 Å². The molecule has 0 saturated carbocycles. The summed E-state index contributed by atoms with van der Waals surface area (Å²) < 4.78 is 34.4. The van der Waals surface area contributed by atoms with Gasteiger partial charge in [-0.2, -0.15) is 0 Å². The summed E-state index contributed by atoms with van der Waals surface area (Å²) in [5.41, 5.74) is 0.423. The minimum Gasteiger partial charge on any atom is -0.380 e. The molecule has 0 radical (unpaired) electrons. The van der Waals surface area contributed by atoms with Gasteiger partial charge in [-0.15, -0.1) is 0 Å². The lowest BCUT2D eigenvalue weighted by atomic mass is 9.86. The van der Waals surface area contributed by atoms with Gasteiger partial charge in [0.15, 0.2) is 0 Å². The second-order valence-electron chi connectivity index (χ2n) is 9.38. The molecule has 2 atom stereocenters. The molecule has 2 aromatic carbocycles. The van der Waals surface area contributed by atoms with Crippen LogP contribution < -0.4 is 16.0 Å². The molecular formula is C25H29F2N3O4. The van der Waals surface area contributed by atoms with Gasteiger partial charge in [-0.1, -0.05) is 45.0 Å². The van der Waals surface area contributed by atoms with E-state index in [4.69, 9.17) is 4.74 Å². The van der Waals surface area contributed by atoms with Gasteiger partial charge in [0.25, 0.3) is 5.91 Å². The van der Waals surface area contributed by atoms with Crippen LogP contribution in [0.1, 0.15) is 49.9 Å². The average molecular weight is 474 g/mol. The largest absolute Gasteiger partial charge is 0.380 e. The van der Waals surface area contributed by atoms with E-state index in [0.717, 1.165) is 17.7 Å². The molecule has 1 saturated heterocycles. The summed E-state index contributed by atoms with van der Waals surface area (Å²) in [7, 11) is 1.56. The van der Waals surface area contributed by atoms with E-state index < -0.39 is 40.8 Å². The van der Waals surface area contributed by atoms with Crippen molar-refractivity contribution in [1.29, 1.82) is 0 Å². The lowest BCUT2D eigenvalue weighted by molar-refractivity contribution is -0.129. The van der Waals surface area contributed by atoms with Crippen molar-refractivity contribution < 1.29 is 27.9 Å². The Kier molecular flexibility index (Phi) is 7.66. The fraction of sp³-hybridized carbons (Fsp3) is 0.400. The highest BCUT2D eigenvalue weighted by Gasteiger charge is 2.32. The second-order valence-corrected chi connectivity index (χ2v) is 9.38. The number of halogens is 2. The fourth-order valence-corrected chi connectivity index (χ4v) is 3.90. The number of methoxy groups -OCH3 is 1. The van der Waals surface area contributed by atoms with Crippen molar-refractivity contribution in [3.05, 3.63) is 64.7 Å². The minimum absolute atomic E-state index is 0.0254. The zero-order valence-electron chi connectivity index (χ0n) is 19.6. The molecule has 182 valence electrons. The van der Waals surface area contributed by atoms with Gasteiger partial charge in [-0.05, 0) is 28.7 Å². The van der Waals surface area contributed by atoms with Gasteiger partial charge in [0.1, 0.15) is 17.7 Å². The number of nitrogens with one attached hydrogen (secondary N) is 3. The number of carbonyl (C=O) groups excluding carboxylic acids is 3. The summed E-state index contributed by atoms with van der Waals surface area (Å²) in [6.45, 7) is 5.62. The zero-order valence-corrected chi connectivity index (χ0v) is 19.6. The van der Waals surface area contributed by atoms with E-state index in [1.165, 1.54) is 0 Å². The van der Waals surface area contributed by atoms with Crippen molar-refractivity contribution in [1.82, 2.24) is 10.6 Å². The van der Waals surface area contributed by atoms with E-state index >= 15 is 0 Å². The van der Waals surface area contributed by atoms with Crippen LogP contribution in [-0.2, 0) is 31.1 Å². The monoisotopic (exact) mass is 473 g/mol. The van der Waals surface area contributed by atoms with Gasteiger partial charge < -0.3 is 20.7 Å². The van der Waals surface area contributed by atoms with Crippen LogP contribution in [0.5, 0.6) is 0 Å². The van der Waals surface area contributed by atoms with Crippen LogP contribution in [0.3, 0.4) is 0 Å². The molecule has 1 fully saturated rings. The normalized spacial score (nSPS) is 16.6. The Hall–Kier alpha value is -3.33. The summed E-state index contributed by atoms with van der Waals surface area (Å²) in [6, 6.07) is 7.81. The molecule has 1 heterocycles. The molecule has 2 aromatic rings. The molecule has 0 aliphatic carbocycles. The molecule has 1 aliphatic rings. The quantitative estimate of drug-likeness (QED) is 0.575. The molecular weight excluding hydrogens is 444 g/mol. The number of amides is 3. The number of hydrogen-bond acceptors (Lipinski definition) is 4. The Balaban J connectivity index is 1.87. The number of hydrogen-bond donors (Lipinski definition) is 3. The molecule has 3 N–H and O–H groups in total. The molecule has 1 aliphatic heterocycles. The first-order valence-electron chi connectivity index (χ1n) is 10.9. The Morgan fingerprint density at radius 3 is 2.26 bits per heavy atom. The number of benzene rings is 2. The number of anilines is 1. The van der Waals surface area contributed by atoms with Crippen molar-refractivity contribution in [2.24, 2.45) is 5.92 Å². The molecule has 3 amide bonds. The van der Waals surface area contributed by atoms with Gasteiger partial charge >= 0.3 is 0 Å². The molecule has 0 aromatic heterocycles. The van der Waals surface area contributed by atoms with Crippen LogP contribution in [-0.4, -0.2) is 31.4 Å². The van der Waals surface area contributed by atoms with E-state index in [1.807, 2.05) is 0 Å². The van der Waals surface area contributed by atoms with Crippen LogP contribution in [0.4, 0.5) is 14.5 Å². The Labute approximate surface area is 197 Å². The number of carbonyl (C=O) groups is 3. The summed E-state index contributed by atoms with van der Waals surface area (Å²) in [5.74, 6) is -3.55. The Morgan fingerprint density at radius 2 is 1.76 bits per heavy atom. The number of ether oxygens (including phenoxy) is 1. The van der Waals surface area contributed by atoms with E-state index in [2.05, 4.69) is 16.0 Å². The van der Waals surface area contributed by atoms with Crippen LogP contribution in [0.25, 0.3) is 0 Å². The van der Waals surface area contributed by atoms with E-state index in [1.54, 1.807) is 52.1 Å². The topological polar surface area (TPSA) is 96.5 Å². The maximum absolute atomic E-state index is 14.6. The van der Waals surface area contributed by atoms with E-state index in [9.17, 15) is 23.2 Å². The number of rotatable bonds is 7. The third-order valence-corrected chi connectivity index (χ3v) is 5.58. The third-order valence-electron chi connectivity index (χ3n) is 5.58. The van der Waals surface area contributed by atoms with Gasteiger partial charge in [0, 0.05) is 31.3 Å². The second kappa shape index (κ2) is 10.3. The van der Waals surface area contributed by atoms with Crippen LogP contribution >= 0.6 is 0 Å². The van der Waals surface area contributed by atoms with Crippen molar-refractivity contribution in [3.8, 4) is 0 Å². The van der Waals surface area contributed by atoms with E-state index in [0.29, 0.717) is 12.2 Å². The first kappa shape index (κ1) is 25.3. The predicted octanol–water partition coefficient (Wildman–Crippen LogP) is 3.34. The van der Waals surface area contributed by atoms with Crippen molar-refractivity contribution in [2.45, 2.75) is 45.3 Å². The maximum atomic E-state index is 14.6. The molecule has 34 heavy (non-hydrogen) atoms. The fourth-order valence-electron chi connectivity index (χ4n) is 3.90. The zero-order chi connectivity index (χ0) is 25.0. The summed E-state index contributed by atoms with van der Waals surface area (Å²) in [5, 5.41) is 7.76. The van der Waals surface area contributed by atoms with Gasteiger partial charge in [0.05, 0.1) is 12.5 Å². The standard InChI is InChI=1S/C25H29F2N3O4/c1-25(2,3)21-18(26)10-17(11-19(21)27)29-24(33)22(15-7-5-14(6-8-15)13-34-4)30-23(32)16-9-20(31)28-12-16/h5-8,10-11,16,22H,9,12-13H2,1-4H3,(H,28,31)(H,29,33)(H,30,32)/t16-,22+/m1/s1. The van der Waals surface area contributed by atoms with E-state index in [-0.39, 0.29) is 30.1 Å². The summed E-state index contributed by atoms with van der Waals surface area (Å²) >= 11 is 0. The smallest absolute Gasteiger partial charge is 0.251 e. The highest BCUT2D eigenvalue weighted by Crippen LogP contribution is 2.30. The molecule has 0 unspecified atom stereocenters. The van der Waals surface area contributed by atoms with Gasteiger partial charge in [0.2, 0.25) is 11.8 Å². The Morgan fingerprint density at radius 1 is 1.15 bits per heavy atom. The van der Waals surface area contributed by atoms with Crippen molar-refractivity contribution in [3.63, 3.8) is 0 Å². The maximum Gasteiger partial charge on any atom is 0.251 e. The Bertz CT molecular complexity index is 1060. The molecule has 7 nitrogen and oxygen atoms in total. The molecule has 9 heteroatoms. The predicted molar refractivity (Wildman–Crippen MR) is 123 cm³/mol. The average Bonchev–Trinajstić information content (AvgIpc) is 3.17. The van der Waals surface area contributed by atoms with Gasteiger partial charge in [-0.25, -0.2) is 8.78 Å². The lowest BCUT2D eigenvalue weighted by Gasteiger charge is -2.23. The highest BCUT2D eigenvalue weighted by molar-refractivity contribution is 5.99. The minimum atomic E-state index is -1.15.